The molecule has 0 aromatic heterocycles. The van der Waals surface area contributed by atoms with Gasteiger partial charge >= 0.3 is 0 Å². The van der Waals surface area contributed by atoms with E-state index in [0.29, 0.717) is 6.10 Å². The Morgan fingerprint density at radius 3 is 2.88 bits per heavy atom. The molecule has 2 aliphatic rings. The van der Waals surface area contributed by atoms with E-state index < -0.39 is 0 Å². The van der Waals surface area contributed by atoms with Crippen LogP contribution in [0.2, 0.25) is 0 Å². The van der Waals surface area contributed by atoms with Crippen LogP contribution in [0.15, 0.2) is 0 Å². The number of piperidine rings is 1. The van der Waals surface area contributed by atoms with Crippen LogP contribution >= 0.6 is 0 Å². The van der Waals surface area contributed by atoms with Crippen molar-refractivity contribution >= 4 is 0 Å². The predicted octanol–water partition coefficient (Wildman–Crippen LogP) is 3.07. The summed E-state index contributed by atoms with van der Waals surface area (Å²) in [6.45, 7) is 8.21. The summed E-state index contributed by atoms with van der Waals surface area (Å²) in [4.78, 5) is 2.76. The molecule has 2 heteroatoms. The van der Waals surface area contributed by atoms with Crippen LogP contribution in [0.1, 0.15) is 52.4 Å². The number of nitrogens with zero attached hydrogens (tertiary/aromatic N) is 1. The second-order valence-electron chi connectivity index (χ2n) is 5.62. The average Bonchev–Trinajstić information content (AvgIpc) is 2.30. The van der Waals surface area contributed by atoms with Crippen LogP contribution in [-0.4, -0.2) is 36.7 Å². The standard InChI is InChI=1S/C14H27NO/c1-3-14-6-4-5-8-15(14)11-13-7-9-16-12(2)10-13/h12-14H,3-11H2,1-2H3/t12-,13+,14+/m0/s1. The van der Waals surface area contributed by atoms with Crippen molar-refractivity contribution in [1.82, 2.24) is 4.90 Å². The van der Waals surface area contributed by atoms with Crippen LogP contribution in [0, 0.1) is 5.92 Å². The maximum atomic E-state index is 5.63. The Hall–Kier alpha value is -0.0800. The van der Waals surface area contributed by atoms with E-state index in [0.717, 1.165) is 18.6 Å². The lowest BCUT2D eigenvalue weighted by Crippen LogP contribution is -2.43. The lowest BCUT2D eigenvalue weighted by Gasteiger charge is -2.39. The topological polar surface area (TPSA) is 12.5 Å². The second-order valence-corrected chi connectivity index (χ2v) is 5.62. The summed E-state index contributed by atoms with van der Waals surface area (Å²) in [5.74, 6) is 0.885. The van der Waals surface area contributed by atoms with Gasteiger partial charge in [0, 0.05) is 19.2 Å². The van der Waals surface area contributed by atoms with Gasteiger partial charge in [-0.2, -0.15) is 0 Å². The van der Waals surface area contributed by atoms with Crippen LogP contribution in [-0.2, 0) is 4.74 Å². The molecule has 16 heavy (non-hydrogen) atoms. The smallest absolute Gasteiger partial charge is 0.0550 e. The third-order valence-corrected chi connectivity index (χ3v) is 4.31. The molecule has 2 rings (SSSR count). The molecule has 0 aromatic carbocycles. The van der Waals surface area contributed by atoms with E-state index >= 15 is 0 Å². The molecule has 2 nitrogen and oxygen atoms in total. The van der Waals surface area contributed by atoms with Gasteiger partial charge in [-0.1, -0.05) is 13.3 Å². The SMILES string of the molecule is CC[C@@H]1CCCCN1C[C@@H]1CCO[C@@H](C)C1. The molecule has 0 saturated carbocycles. The van der Waals surface area contributed by atoms with Crippen molar-refractivity contribution in [3.8, 4) is 0 Å². The van der Waals surface area contributed by atoms with Gasteiger partial charge in [0.15, 0.2) is 0 Å². The van der Waals surface area contributed by atoms with Crippen molar-refractivity contribution in [3.05, 3.63) is 0 Å². The van der Waals surface area contributed by atoms with Crippen LogP contribution < -0.4 is 0 Å². The van der Waals surface area contributed by atoms with Gasteiger partial charge in [0.2, 0.25) is 0 Å². The summed E-state index contributed by atoms with van der Waals surface area (Å²) in [7, 11) is 0. The van der Waals surface area contributed by atoms with Gasteiger partial charge in [0.05, 0.1) is 6.10 Å². The minimum absolute atomic E-state index is 0.489. The molecule has 0 aliphatic carbocycles. The summed E-state index contributed by atoms with van der Waals surface area (Å²) in [6.07, 6.45) is 8.65. The maximum absolute atomic E-state index is 5.63. The number of ether oxygens (including phenoxy) is 1. The largest absolute Gasteiger partial charge is 0.378 e. The lowest BCUT2D eigenvalue weighted by atomic mass is 9.92. The van der Waals surface area contributed by atoms with Gasteiger partial charge in [0.25, 0.3) is 0 Å². The summed E-state index contributed by atoms with van der Waals surface area (Å²) in [5, 5.41) is 0. The Morgan fingerprint density at radius 1 is 1.25 bits per heavy atom. The maximum Gasteiger partial charge on any atom is 0.0550 e. The molecule has 2 saturated heterocycles. The van der Waals surface area contributed by atoms with E-state index in [1.54, 1.807) is 0 Å². The van der Waals surface area contributed by atoms with Gasteiger partial charge in [-0.3, -0.25) is 0 Å². The quantitative estimate of drug-likeness (QED) is 0.732. The first kappa shape index (κ1) is 12.4. The molecule has 3 atom stereocenters. The molecule has 0 aromatic rings. The summed E-state index contributed by atoms with van der Waals surface area (Å²) in [5.41, 5.74) is 0. The minimum atomic E-state index is 0.489. The number of hydrogen-bond donors (Lipinski definition) is 0. The fourth-order valence-electron chi connectivity index (χ4n) is 3.35. The van der Waals surface area contributed by atoms with Crippen LogP contribution in [0.3, 0.4) is 0 Å². The molecule has 0 radical (unpaired) electrons. The molecule has 2 heterocycles. The van der Waals surface area contributed by atoms with Gasteiger partial charge in [0.1, 0.15) is 0 Å². The van der Waals surface area contributed by atoms with Crippen LogP contribution in [0.25, 0.3) is 0 Å². The molecular formula is C14H27NO. The van der Waals surface area contributed by atoms with Gasteiger partial charge in [-0.15, -0.1) is 0 Å². The van der Waals surface area contributed by atoms with E-state index in [9.17, 15) is 0 Å². The molecule has 0 unspecified atom stereocenters. The van der Waals surface area contributed by atoms with E-state index in [4.69, 9.17) is 4.74 Å². The van der Waals surface area contributed by atoms with Crippen LogP contribution in [0.5, 0.6) is 0 Å². The first-order valence-electron chi connectivity index (χ1n) is 7.15. The summed E-state index contributed by atoms with van der Waals surface area (Å²) < 4.78 is 5.63. The van der Waals surface area contributed by atoms with Crippen molar-refractivity contribution in [2.24, 2.45) is 5.92 Å². The molecule has 2 aliphatic heterocycles. The Morgan fingerprint density at radius 2 is 2.12 bits per heavy atom. The molecular weight excluding hydrogens is 198 g/mol. The summed E-state index contributed by atoms with van der Waals surface area (Å²) in [6, 6.07) is 0.868. The van der Waals surface area contributed by atoms with E-state index in [2.05, 4.69) is 18.7 Å². The Balaban J connectivity index is 1.82. The third kappa shape index (κ3) is 3.21. The first-order chi connectivity index (χ1) is 7.79. The highest BCUT2D eigenvalue weighted by Gasteiger charge is 2.26. The molecule has 94 valence electrons. The highest BCUT2D eigenvalue weighted by molar-refractivity contribution is 4.80. The first-order valence-corrected chi connectivity index (χ1v) is 7.15. The van der Waals surface area contributed by atoms with E-state index in [1.165, 1.54) is 51.6 Å². The molecule has 0 spiro atoms. The van der Waals surface area contributed by atoms with Gasteiger partial charge in [-0.05, 0) is 51.5 Å². The highest BCUT2D eigenvalue weighted by Crippen LogP contribution is 2.25. The second kappa shape index (κ2) is 6.02. The number of likely N-dealkylation sites (tertiary alicyclic amines) is 1. The summed E-state index contributed by atoms with van der Waals surface area (Å²) >= 11 is 0. The predicted molar refractivity (Wildman–Crippen MR) is 67.6 cm³/mol. The van der Waals surface area contributed by atoms with Gasteiger partial charge in [-0.25, -0.2) is 0 Å². The zero-order chi connectivity index (χ0) is 11.4. The van der Waals surface area contributed by atoms with Crippen LogP contribution in [0.4, 0.5) is 0 Å². The van der Waals surface area contributed by atoms with Crippen molar-refractivity contribution in [3.63, 3.8) is 0 Å². The van der Waals surface area contributed by atoms with Crippen molar-refractivity contribution < 1.29 is 4.74 Å². The zero-order valence-corrected chi connectivity index (χ0v) is 11.0. The number of hydrogen-bond acceptors (Lipinski definition) is 2. The fourth-order valence-corrected chi connectivity index (χ4v) is 3.35. The monoisotopic (exact) mass is 225 g/mol. The fraction of sp³-hybridized carbons (Fsp3) is 1.00. The zero-order valence-electron chi connectivity index (χ0n) is 11.0. The Labute approximate surface area is 100 Å². The van der Waals surface area contributed by atoms with Gasteiger partial charge < -0.3 is 9.64 Å². The Bertz CT molecular complexity index is 207. The van der Waals surface area contributed by atoms with Crippen molar-refractivity contribution in [2.75, 3.05) is 19.7 Å². The average molecular weight is 225 g/mol. The lowest BCUT2D eigenvalue weighted by molar-refractivity contribution is -0.0121. The minimum Gasteiger partial charge on any atom is -0.378 e. The normalized spacial score (nSPS) is 37.5. The highest BCUT2D eigenvalue weighted by atomic mass is 16.5. The molecule has 0 bridgehead atoms. The molecule has 0 amide bonds. The third-order valence-electron chi connectivity index (χ3n) is 4.31. The van der Waals surface area contributed by atoms with Crippen molar-refractivity contribution in [1.29, 1.82) is 0 Å². The van der Waals surface area contributed by atoms with Crippen molar-refractivity contribution in [2.45, 2.75) is 64.5 Å². The molecule has 0 N–H and O–H groups in total. The van der Waals surface area contributed by atoms with E-state index in [-0.39, 0.29) is 0 Å². The Kier molecular flexibility index (Phi) is 4.66. The number of rotatable bonds is 3. The van der Waals surface area contributed by atoms with E-state index in [1.807, 2.05) is 0 Å². The molecule has 2 fully saturated rings.